The molecular formula is C23H25N3O5S2. The summed E-state index contributed by atoms with van der Waals surface area (Å²) < 4.78 is 52.8. The number of amides is 1. The number of hydrogen-bond donors (Lipinski definition) is 2. The predicted molar refractivity (Wildman–Crippen MR) is 131 cm³/mol. The van der Waals surface area contributed by atoms with E-state index in [1.807, 2.05) is 19.1 Å². The van der Waals surface area contributed by atoms with Crippen LogP contribution in [0.1, 0.15) is 22.8 Å². The van der Waals surface area contributed by atoms with Crippen molar-refractivity contribution in [3.63, 3.8) is 0 Å². The largest absolute Gasteiger partial charge is 0.322 e. The molecule has 174 valence electrons. The number of aryl methyl sites for hydroxylation is 1. The quantitative estimate of drug-likeness (QED) is 0.501. The molecule has 3 aromatic carbocycles. The lowest BCUT2D eigenvalue weighted by atomic mass is 10.2. The number of carbonyl (C=O) groups is 1. The summed E-state index contributed by atoms with van der Waals surface area (Å²) in [6.07, 6.45) is 0. The van der Waals surface area contributed by atoms with Gasteiger partial charge in [-0.3, -0.25) is 13.8 Å². The molecule has 0 radical (unpaired) electrons. The van der Waals surface area contributed by atoms with Crippen LogP contribution in [-0.4, -0.2) is 35.5 Å². The molecule has 0 aliphatic rings. The van der Waals surface area contributed by atoms with E-state index in [0.717, 1.165) is 5.56 Å². The Hall–Kier alpha value is -3.37. The highest BCUT2D eigenvalue weighted by atomic mass is 32.2. The maximum absolute atomic E-state index is 12.6. The molecule has 8 nitrogen and oxygen atoms in total. The molecular weight excluding hydrogens is 462 g/mol. The van der Waals surface area contributed by atoms with E-state index in [0.29, 0.717) is 22.6 Å². The van der Waals surface area contributed by atoms with Crippen LogP contribution in [0.2, 0.25) is 0 Å². The monoisotopic (exact) mass is 487 g/mol. The van der Waals surface area contributed by atoms with Gasteiger partial charge >= 0.3 is 0 Å². The van der Waals surface area contributed by atoms with E-state index in [-0.39, 0.29) is 10.6 Å². The van der Waals surface area contributed by atoms with Gasteiger partial charge in [-0.2, -0.15) is 0 Å². The Morgan fingerprint density at radius 2 is 1.36 bits per heavy atom. The normalized spacial score (nSPS) is 11.6. The molecule has 0 atom stereocenters. The topological polar surface area (TPSA) is 113 Å². The molecule has 0 aromatic heterocycles. The number of carbonyl (C=O) groups excluding carboxylic acids is 1. The molecule has 1 amide bonds. The summed E-state index contributed by atoms with van der Waals surface area (Å²) in [4.78, 5) is 12.6. The lowest BCUT2D eigenvalue weighted by Gasteiger charge is -2.18. The van der Waals surface area contributed by atoms with Crippen molar-refractivity contribution in [1.82, 2.24) is 0 Å². The molecule has 10 heteroatoms. The lowest BCUT2D eigenvalue weighted by Crippen LogP contribution is -2.28. The molecule has 0 aliphatic heterocycles. The third-order valence-corrected chi connectivity index (χ3v) is 8.17. The Bertz CT molecular complexity index is 1330. The van der Waals surface area contributed by atoms with Crippen LogP contribution in [0.15, 0.2) is 77.7 Å². The van der Waals surface area contributed by atoms with Gasteiger partial charge in [-0.25, -0.2) is 16.8 Å². The third kappa shape index (κ3) is 5.91. The van der Waals surface area contributed by atoms with Crippen LogP contribution in [0.3, 0.4) is 0 Å². The SMILES string of the molecule is CCS(=O)(=O)N(C)c1ccc(C(=O)Nc2ccc(S(=O)(=O)Nc3ccc(C)cc3)cc2)cc1. The van der Waals surface area contributed by atoms with Crippen LogP contribution in [0.25, 0.3) is 0 Å². The van der Waals surface area contributed by atoms with E-state index in [4.69, 9.17) is 0 Å². The van der Waals surface area contributed by atoms with Crippen molar-refractivity contribution in [2.24, 2.45) is 0 Å². The molecule has 2 N–H and O–H groups in total. The fourth-order valence-electron chi connectivity index (χ4n) is 2.93. The summed E-state index contributed by atoms with van der Waals surface area (Å²) in [6.45, 7) is 3.47. The number of nitrogens with zero attached hydrogens (tertiary/aromatic N) is 1. The first-order valence-electron chi connectivity index (χ1n) is 10.1. The molecule has 0 fully saturated rings. The standard InChI is InChI=1S/C23H25N3O5S2/c1-4-32(28,29)26(3)21-13-7-18(8-14-21)23(27)24-19-11-15-22(16-12-19)33(30,31)25-20-9-5-17(2)6-10-20/h5-16,25H,4H2,1-3H3,(H,24,27). The first kappa shape index (κ1) is 24.3. The average Bonchev–Trinajstić information content (AvgIpc) is 2.80. The smallest absolute Gasteiger partial charge is 0.261 e. The van der Waals surface area contributed by atoms with Gasteiger partial charge in [-0.1, -0.05) is 17.7 Å². The number of benzene rings is 3. The molecule has 0 saturated carbocycles. The van der Waals surface area contributed by atoms with Crippen molar-refractivity contribution in [3.05, 3.63) is 83.9 Å². The van der Waals surface area contributed by atoms with Gasteiger partial charge in [0.15, 0.2) is 0 Å². The van der Waals surface area contributed by atoms with Gasteiger partial charge in [-0.05, 0) is 74.5 Å². The lowest BCUT2D eigenvalue weighted by molar-refractivity contribution is 0.102. The van der Waals surface area contributed by atoms with Crippen LogP contribution in [-0.2, 0) is 20.0 Å². The highest BCUT2D eigenvalue weighted by molar-refractivity contribution is 7.93. The Morgan fingerprint density at radius 3 is 1.91 bits per heavy atom. The number of anilines is 3. The van der Waals surface area contributed by atoms with Crippen LogP contribution >= 0.6 is 0 Å². The van der Waals surface area contributed by atoms with Gasteiger partial charge in [0.1, 0.15) is 0 Å². The number of sulfonamides is 2. The number of rotatable bonds is 8. The minimum atomic E-state index is -3.77. The van der Waals surface area contributed by atoms with Crippen LogP contribution in [0.5, 0.6) is 0 Å². The highest BCUT2D eigenvalue weighted by Crippen LogP contribution is 2.21. The molecule has 0 unspecified atom stereocenters. The number of hydrogen-bond acceptors (Lipinski definition) is 5. The van der Waals surface area contributed by atoms with Crippen molar-refractivity contribution in [2.75, 3.05) is 27.1 Å². The fourth-order valence-corrected chi connectivity index (χ4v) is 4.82. The average molecular weight is 488 g/mol. The number of nitrogens with one attached hydrogen (secondary N) is 2. The predicted octanol–water partition coefficient (Wildman–Crippen LogP) is 3.83. The molecule has 0 aliphatic carbocycles. The van der Waals surface area contributed by atoms with Crippen LogP contribution < -0.4 is 14.3 Å². The van der Waals surface area contributed by atoms with Gasteiger partial charge in [0.25, 0.3) is 15.9 Å². The molecule has 0 bridgehead atoms. The van der Waals surface area contributed by atoms with Crippen molar-refractivity contribution in [1.29, 1.82) is 0 Å². The Morgan fingerprint density at radius 1 is 0.818 bits per heavy atom. The van der Waals surface area contributed by atoms with E-state index in [1.54, 1.807) is 31.2 Å². The van der Waals surface area contributed by atoms with Gasteiger partial charge in [-0.15, -0.1) is 0 Å². The Balaban J connectivity index is 1.68. The molecule has 0 spiro atoms. The zero-order valence-corrected chi connectivity index (χ0v) is 20.1. The second kappa shape index (κ2) is 9.63. The van der Waals surface area contributed by atoms with E-state index < -0.39 is 26.0 Å². The van der Waals surface area contributed by atoms with E-state index >= 15 is 0 Å². The van der Waals surface area contributed by atoms with Gasteiger partial charge in [0.2, 0.25) is 10.0 Å². The molecule has 0 heterocycles. The Labute approximate surface area is 194 Å². The van der Waals surface area contributed by atoms with Gasteiger partial charge in [0.05, 0.1) is 16.3 Å². The van der Waals surface area contributed by atoms with Gasteiger partial charge < -0.3 is 5.32 Å². The molecule has 33 heavy (non-hydrogen) atoms. The summed E-state index contributed by atoms with van der Waals surface area (Å²) in [5.41, 5.74) is 2.68. The highest BCUT2D eigenvalue weighted by Gasteiger charge is 2.17. The van der Waals surface area contributed by atoms with Crippen molar-refractivity contribution >= 4 is 43.0 Å². The summed E-state index contributed by atoms with van der Waals surface area (Å²) in [7, 11) is -5.70. The maximum atomic E-state index is 12.6. The summed E-state index contributed by atoms with van der Waals surface area (Å²) in [5, 5.41) is 2.70. The van der Waals surface area contributed by atoms with Gasteiger partial charge in [0, 0.05) is 24.0 Å². The second-order valence-electron chi connectivity index (χ2n) is 7.36. The first-order chi connectivity index (χ1) is 15.5. The zero-order valence-electron chi connectivity index (χ0n) is 18.4. The minimum absolute atomic E-state index is 0.0298. The summed E-state index contributed by atoms with van der Waals surface area (Å²) >= 11 is 0. The summed E-state index contributed by atoms with van der Waals surface area (Å²) in [5.74, 6) is -0.436. The second-order valence-corrected chi connectivity index (χ2v) is 11.3. The zero-order chi connectivity index (χ0) is 24.2. The molecule has 3 aromatic rings. The van der Waals surface area contributed by atoms with Crippen LogP contribution in [0, 0.1) is 6.92 Å². The van der Waals surface area contributed by atoms with Crippen molar-refractivity contribution in [2.45, 2.75) is 18.7 Å². The molecule has 3 rings (SSSR count). The minimum Gasteiger partial charge on any atom is -0.322 e. The van der Waals surface area contributed by atoms with Crippen molar-refractivity contribution < 1.29 is 21.6 Å². The van der Waals surface area contributed by atoms with E-state index in [9.17, 15) is 21.6 Å². The van der Waals surface area contributed by atoms with Crippen molar-refractivity contribution in [3.8, 4) is 0 Å². The molecule has 0 saturated heterocycles. The Kier molecular flexibility index (Phi) is 7.09. The van der Waals surface area contributed by atoms with Crippen LogP contribution in [0.4, 0.5) is 17.1 Å². The van der Waals surface area contributed by atoms with E-state index in [1.165, 1.54) is 47.8 Å². The fraction of sp³-hybridized carbons (Fsp3) is 0.174. The first-order valence-corrected chi connectivity index (χ1v) is 13.2. The third-order valence-electron chi connectivity index (χ3n) is 5.00. The summed E-state index contributed by atoms with van der Waals surface area (Å²) in [6, 6.07) is 18.9. The maximum Gasteiger partial charge on any atom is 0.261 e. The van der Waals surface area contributed by atoms with E-state index in [2.05, 4.69) is 10.0 Å².